The second kappa shape index (κ2) is 10.4. The molecular weight excluding hydrogens is 511 g/mol. The summed E-state index contributed by atoms with van der Waals surface area (Å²) in [6.07, 6.45) is 2.25. The minimum Gasteiger partial charge on any atom is -0.507 e. The van der Waals surface area contributed by atoms with Gasteiger partial charge in [0, 0.05) is 30.5 Å². The number of rotatable bonds is 6. The van der Waals surface area contributed by atoms with Gasteiger partial charge in [-0.05, 0) is 60.9 Å². The van der Waals surface area contributed by atoms with E-state index in [-0.39, 0.29) is 27.7 Å². The molecule has 2 heterocycles. The molecule has 1 N–H and O–H groups in total. The Morgan fingerprint density at radius 3 is 2.13 bits per heavy atom. The number of methoxy groups -OCH3 is 2. The molecule has 1 atom stereocenters. The van der Waals surface area contributed by atoms with Crippen LogP contribution >= 0.6 is 11.6 Å². The Morgan fingerprint density at radius 1 is 0.921 bits per heavy atom. The van der Waals surface area contributed by atoms with Crippen molar-refractivity contribution >= 4 is 40.4 Å². The van der Waals surface area contributed by atoms with Gasteiger partial charge >= 0.3 is 0 Å². The van der Waals surface area contributed by atoms with Gasteiger partial charge in [-0.2, -0.15) is 0 Å². The quantitative estimate of drug-likeness (QED) is 0.246. The molecule has 38 heavy (non-hydrogen) atoms. The standard InChI is InChI=1S/C29H26ClFN2O5/c1-37-23-16-22(30)24(38-2)15-21(23)27(34)25-26(17-5-7-18(31)8-6-17)33(29(36)28(25)35)20-11-9-19(10-12-20)32-13-3-4-14-32/h5-12,15-16,26,34H,3-4,13-14H2,1-2H3/b27-25+. The fraction of sp³-hybridized carbons (Fsp3) is 0.241. The molecular formula is C29H26ClFN2O5. The molecule has 5 rings (SSSR count). The van der Waals surface area contributed by atoms with E-state index in [0.29, 0.717) is 11.3 Å². The summed E-state index contributed by atoms with van der Waals surface area (Å²) in [6.45, 7) is 1.93. The van der Waals surface area contributed by atoms with Crippen LogP contribution in [0.3, 0.4) is 0 Å². The number of halogens is 2. The second-order valence-electron chi connectivity index (χ2n) is 9.12. The first-order valence-corrected chi connectivity index (χ1v) is 12.5. The molecule has 0 spiro atoms. The summed E-state index contributed by atoms with van der Waals surface area (Å²) in [7, 11) is 2.81. The van der Waals surface area contributed by atoms with Gasteiger partial charge in [0.15, 0.2) is 0 Å². The van der Waals surface area contributed by atoms with Gasteiger partial charge in [-0.1, -0.05) is 23.7 Å². The highest BCUT2D eigenvalue weighted by Gasteiger charge is 2.47. The van der Waals surface area contributed by atoms with Crippen LogP contribution in [0.5, 0.6) is 11.5 Å². The highest BCUT2D eigenvalue weighted by molar-refractivity contribution is 6.51. The topological polar surface area (TPSA) is 79.3 Å². The molecule has 2 aliphatic rings. The molecule has 2 saturated heterocycles. The van der Waals surface area contributed by atoms with Crippen LogP contribution in [-0.4, -0.2) is 44.1 Å². The van der Waals surface area contributed by atoms with Crippen LogP contribution in [0.2, 0.25) is 5.02 Å². The predicted molar refractivity (Wildman–Crippen MR) is 144 cm³/mol. The number of hydrogen-bond donors (Lipinski definition) is 1. The summed E-state index contributed by atoms with van der Waals surface area (Å²) >= 11 is 6.23. The molecule has 3 aromatic rings. The zero-order chi connectivity index (χ0) is 27.0. The molecule has 0 bridgehead atoms. The van der Waals surface area contributed by atoms with Crippen molar-refractivity contribution in [1.29, 1.82) is 0 Å². The highest BCUT2D eigenvalue weighted by atomic mass is 35.5. The van der Waals surface area contributed by atoms with Crippen LogP contribution in [0.15, 0.2) is 66.2 Å². The average molecular weight is 537 g/mol. The molecule has 7 nitrogen and oxygen atoms in total. The van der Waals surface area contributed by atoms with Crippen LogP contribution < -0.4 is 19.3 Å². The maximum atomic E-state index is 13.8. The lowest BCUT2D eigenvalue weighted by atomic mass is 9.94. The van der Waals surface area contributed by atoms with Crippen LogP contribution in [0.4, 0.5) is 15.8 Å². The van der Waals surface area contributed by atoms with Gasteiger partial charge < -0.3 is 19.5 Å². The van der Waals surface area contributed by atoms with Gasteiger partial charge in [0.25, 0.3) is 11.7 Å². The van der Waals surface area contributed by atoms with Gasteiger partial charge in [0.1, 0.15) is 23.1 Å². The Labute approximate surface area is 224 Å². The lowest BCUT2D eigenvalue weighted by Crippen LogP contribution is -2.29. The molecule has 0 radical (unpaired) electrons. The Bertz CT molecular complexity index is 1420. The summed E-state index contributed by atoms with van der Waals surface area (Å²) in [6, 6.07) is 14.7. The Morgan fingerprint density at radius 2 is 1.53 bits per heavy atom. The van der Waals surface area contributed by atoms with Crippen LogP contribution in [0.1, 0.15) is 30.0 Å². The number of nitrogens with zero attached hydrogens (tertiary/aromatic N) is 2. The smallest absolute Gasteiger partial charge is 0.300 e. The number of aliphatic hydroxyl groups excluding tert-OH is 1. The summed E-state index contributed by atoms with van der Waals surface area (Å²) in [4.78, 5) is 30.5. The number of amides is 1. The van der Waals surface area contributed by atoms with Crippen molar-refractivity contribution in [3.8, 4) is 11.5 Å². The zero-order valence-corrected chi connectivity index (χ0v) is 21.7. The molecule has 196 valence electrons. The molecule has 3 aromatic carbocycles. The predicted octanol–water partition coefficient (Wildman–Crippen LogP) is 5.72. The third-order valence-electron chi connectivity index (χ3n) is 6.96. The first kappa shape index (κ1) is 25.6. The number of carbonyl (C=O) groups is 2. The second-order valence-corrected chi connectivity index (χ2v) is 9.53. The van der Waals surface area contributed by atoms with Crippen molar-refractivity contribution in [1.82, 2.24) is 0 Å². The molecule has 1 unspecified atom stereocenters. The molecule has 1 amide bonds. The fourth-order valence-corrected chi connectivity index (χ4v) is 5.28. The van der Waals surface area contributed by atoms with Crippen molar-refractivity contribution in [3.05, 3.63) is 88.2 Å². The van der Waals surface area contributed by atoms with Crippen molar-refractivity contribution in [2.75, 3.05) is 37.1 Å². The van der Waals surface area contributed by atoms with Gasteiger partial charge in [-0.15, -0.1) is 0 Å². The largest absolute Gasteiger partial charge is 0.507 e. The Balaban J connectivity index is 1.67. The van der Waals surface area contributed by atoms with Gasteiger partial charge in [-0.25, -0.2) is 4.39 Å². The third-order valence-corrected chi connectivity index (χ3v) is 7.25. The molecule has 0 aromatic heterocycles. The first-order valence-electron chi connectivity index (χ1n) is 12.2. The van der Waals surface area contributed by atoms with E-state index in [4.69, 9.17) is 21.1 Å². The minimum absolute atomic E-state index is 0.128. The number of anilines is 2. The maximum absolute atomic E-state index is 13.8. The highest BCUT2D eigenvalue weighted by Crippen LogP contribution is 2.45. The van der Waals surface area contributed by atoms with E-state index in [1.807, 2.05) is 12.1 Å². The molecule has 2 fully saturated rings. The summed E-state index contributed by atoms with van der Waals surface area (Å²) in [5.74, 6) is -2.18. The van der Waals surface area contributed by atoms with Gasteiger partial charge in [0.05, 0.1) is 36.4 Å². The van der Waals surface area contributed by atoms with E-state index in [0.717, 1.165) is 31.6 Å². The van der Waals surface area contributed by atoms with E-state index in [2.05, 4.69) is 4.90 Å². The fourth-order valence-electron chi connectivity index (χ4n) is 5.05. The van der Waals surface area contributed by atoms with Gasteiger partial charge in [-0.3, -0.25) is 14.5 Å². The SMILES string of the molecule is COc1cc(/C(O)=C2\C(=O)C(=O)N(c3ccc(N4CCCC4)cc3)C2c2ccc(F)cc2)c(OC)cc1Cl. The third kappa shape index (κ3) is 4.45. The maximum Gasteiger partial charge on any atom is 0.300 e. The zero-order valence-electron chi connectivity index (χ0n) is 20.9. The minimum atomic E-state index is -1.01. The van der Waals surface area contributed by atoms with Crippen LogP contribution in [0, 0.1) is 5.82 Å². The van der Waals surface area contributed by atoms with Crippen molar-refractivity contribution in [2.24, 2.45) is 0 Å². The first-order chi connectivity index (χ1) is 18.3. The number of hydrogen-bond acceptors (Lipinski definition) is 6. The van der Waals surface area contributed by atoms with Crippen LogP contribution in [0.25, 0.3) is 5.76 Å². The number of Topliss-reactive ketones (excluding diaryl/α,β-unsaturated/α-hetero) is 1. The molecule has 0 saturated carbocycles. The van der Waals surface area contributed by atoms with E-state index in [1.165, 1.54) is 55.5 Å². The van der Waals surface area contributed by atoms with Crippen molar-refractivity contribution < 1.29 is 28.6 Å². The molecule has 2 aliphatic heterocycles. The number of ketones is 1. The molecule has 9 heteroatoms. The lowest BCUT2D eigenvalue weighted by Gasteiger charge is -2.26. The van der Waals surface area contributed by atoms with Gasteiger partial charge in [0.2, 0.25) is 0 Å². The van der Waals surface area contributed by atoms with Crippen molar-refractivity contribution in [2.45, 2.75) is 18.9 Å². The Hall–Kier alpha value is -4.04. The number of carbonyl (C=O) groups excluding carboxylic acids is 2. The normalized spacial score (nSPS) is 18.8. The van der Waals surface area contributed by atoms with E-state index >= 15 is 0 Å². The lowest BCUT2D eigenvalue weighted by molar-refractivity contribution is -0.132. The number of ether oxygens (including phenoxy) is 2. The molecule has 0 aliphatic carbocycles. The summed E-state index contributed by atoms with van der Waals surface area (Å²) in [5, 5.41) is 11.7. The van der Waals surface area contributed by atoms with E-state index in [1.54, 1.807) is 12.1 Å². The number of benzene rings is 3. The summed E-state index contributed by atoms with van der Waals surface area (Å²) in [5.41, 5.74) is 1.93. The van der Waals surface area contributed by atoms with E-state index in [9.17, 15) is 19.1 Å². The monoisotopic (exact) mass is 536 g/mol. The Kier molecular flexibility index (Phi) is 6.99. The van der Waals surface area contributed by atoms with Crippen LogP contribution in [-0.2, 0) is 9.59 Å². The summed E-state index contributed by atoms with van der Waals surface area (Å²) < 4.78 is 24.5. The average Bonchev–Trinajstić information content (AvgIpc) is 3.56. The number of aliphatic hydroxyl groups is 1. The van der Waals surface area contributed by atoms with E-state index < -0.39 is 29.3 Å². The van der Waals surface area contributed by atoms with Crippen molar-refractivity contribution in [3.63, 3.8) is 0 Å².